The van der Waals surface area contributed by atoms with Gasteiger partial charge in [0.2, 0.25) is 0 Å². The molecule has 1 aromatic rings. The number of rotatable bonds is 4. The molecule has 0 N–H and O–H groups in total. The molecule has 1 aliphatic heterocycles. The Bertz CT molecular complexity index is 631. The van der Waals surface area contributed by atoms with Crippen molar-refractivity contribution in [2.75, 3.05) is 13.2 Å². The Kier molecular flexibility index (Phi) is 3.80. The fourth-order valence-corrected chi connectivity index (χ4v) is 2.00. The number of esters is 1. The molecule has 2 amide bonds. The van der Waals surface area contributed by atoms with Crippen LogP contribution in [0.1, 0.15) is 39.6 Å². The highest BCUT2D eigenvalue weighted by atomic mass is 16.5. The zero-order valence-corrected chi connectivity index (χ0v) is 10.9. The number of imide groups is 1. The van der Waals surface area contributed by atoms with E-state index in [4.69, 9.17) is 10.00 Å². The molecule has 0 aromatic heterocycles. The van der Waals surface area contributed by atoms with Gasteiger partial charge in [-0.1, -0.05) is 0 Å². The molecule has 6 heteroatoms. The van der Waals surface area contributed by atoms with Crippen molar-refractivity contribution in [1.82, 2.24) is 4.90 Å². The fourth-order valence-electron chi connectivity index (χ4n) is 2.00. The third-order valence-electron chi connectivity index (χ3n) is 2.94. The maximum atomic E-state index is 12.1. The summed E-state index contributed by atoms with van der Waals surface area (Å²) in [6.45, 7) is 1.92. The number of carbonyl (C=O) groups excluding carboxylic acids is 3. The highest BCUT2D eigenvalue weighted by Crippen LogP contribution is 2.24. The van der Waals surface area contributed by atoms with E-state index >= 15 is 0 Å². The van der Waals surface area contributed by atoms with Crippen LogP contribution in [0.3, 0.4) is 0 Å². The molecule has 0 spiro atoms. The van der Waals surface area contributed by atoms with E-state index in [1.54, 1.807) is 6.92 Å². The Morgan fingerprint density at radius 1 is 1.30 bits per heavy atom. The molecule has 0 aliphatic carbocycles. The van der Waals surface area contributed by atoms with Gasteiger partial charge in [-0.05, 0) is 25.1 Å². The Morgan fingerprint density at radius 2 is 2.00 bits per heavy atom. The van der Waals surface area contributed by atoms with Crippen molar-refractivity contribution in [3.8, 4) is 6.07 Å². The van der Waals surface area contributed by atoms with Gasteiger partial charge in [-0.25, -0.2) is 0 Å². The first-order valence-electron chi connectivity index (χ1n) is 6.14. The number of fused-ring (bicyclic) bond motifs is 1. The van der Waals surface area contributed by atoms with Crippen molar-refractivity contribution >= 4 is 17.8 Å². The van der Waals surface area contributed by atoms with E-state index in [9.17, 15) is 14.4 Å². The summed E-state index contributed by atoms with van der Waals surface area (Å²) in [5.41, 5.74) is 0.785. The molecule has 0 unspecified atom stereocenters. The van der Waals surface area contributed by atoms with Gasteiger partial charge < -0.3 is 4.74 Å². The number of amides is 2. The quantitative estimate of drug-likeness (QED) is 0.605. The van der Waals surface area contributed by atoms with Crippen LogP contribution in [0.15, 0.2) is 18.2 Å². The molecule has 0 radical (unpaired) electrons. The van der Waals surface area contributed by atoms with Gasteiger partial charge in [0.15, 0.2) is 0 Å². The summed E-state index contributed by atoms with van der Waals surface area (Å²) in [6.07, 6.45) is -0.0373. The second-order valence-electron chi connectivity index (χ2n) is 4.19. The molecule has 2 rings (SSSR count). The van der Waals surface area contributed by atoms with Crippen LogP contribution in [0.4, 0.5) is 0 Å². The largest absolute Gasteiger partial charge is 0.466 e. The maximum Gasteiger partial charge on any atom is 0.307 e. The summed E-state index contributed by atoms with van der Waals surface area (Å²) in [7, 11) is 0. The maximum absolute atomic E-state index is 12.1. The highest BCUT2D eigenvalue weighted by molar-refractivity contribution is 6.21. The van der Waals surface area contributed by atoms with E-state index in [0.717, 1.165) is 4.90 Å². The van der Waals surface area contributed by atoms with Crippen molar-refractivity contribution in [2.24, 2.45) is 0 Å². The minimum Gasteiger partial charge on any atom is -0.466 e. The SMILES string of the molecule is CCOC(=O)CCN1C(=O)c2ccc(C#N)cc2C1=O. The summed E-state index contributed by atoms with van der Waals surface area (Å²) in [5, 5.41) is 8.80. The first-order valence-corrected chi connectivity index (χ1v) is 6.14. The average molecular weight is 272 g/mol. The molecule has 0 bridgehead atoms. The summed E-state index contributed by atoms with van der Waals surface area (Å²) in [4.78, 5) is 36.4. The molecule has 0 saturated carbocycles. The van der Waals surface area contributed by atoms with E-state index in [1.807, 2.05) is 6.07 Å². The standard InChI is InChI=1S/C14H12N2O4/c1-2-20-12(17)5-6-16-13(18)10-4-3-9(8-15)7-11(10)14(16)19/h3-4,7H,2,5-6H2,1H3. The lowest BCUT2D eigenvalue weighted by atomic mass is 10.1. The van der Waals surface area contributed by atoms with Crippen molar-refractivity contribution < 1.29 is 19.1 Å². The number of nitriles is 1. The number of hydrogen-bond donors (Lipinski definition) is 0. The van der Waals surface area contributed by atoms with Crippen LogP contribution >= 0.6 is 0 Å². The third kappa shape index (κ3) is 2.38. The smallest absolute Gasteiger partial charge is 0.307 e. The number of nitrogens with zero attached hydrogens (tertiary/aromatic N) is 2. The topological polar surface area (TPSA) is 87.5 Å². The van der Waals surface area contributed by atoms with Gasteiger partial charge in [-0.2, -0.15) is 5.26 Å². The van der Waals surface area contributed by atoms with E-state index < -0.39 is 17.8 Å². The van der Waals surface area contributed by atoms with Gasteiger partial charge in [0, 0.05) is 6.54 Å². The van der Waals surface area contributed by atoms with Gasteiger partial charge in [0.25, 0.3) is 11.8 Å². The number of hydrogen-bond acceptors (Lipinski definition) is 5. The highest BCUT2D eigenvalue weighted by Gasteiger charge is 2.35. The normalized spacial score (nSPS) is 13.1. The number of ether oxygens (including phenoxy) is 1. The van der Waals surface area contributed by atoms with E-state index in [-0.39, 0.29) is 30.7 Å². The van der Waals surface area contributed by atoms with Gasteiger partial charge in [-0.3, -0.25) is 19.3 Å². The minimum absolute atomic E-state index is 0.0208. The third-order valence-corrected chi connectivity index (χ3v) is 2.94. The molecular formula is C14H12N2O4. The molecular weight excluding hydrogens is 260 g/mol. The fraction of sp³-hybridized carbons (Fsp3) is 0.286. The first kappa shape index (κ1) is 13.7. The van der Waals surface area contributed by atoms with Crippen molar-refractivity contribution in [2.45, 2.75) is 13.3 Å². The zero-order chi connectivity index (χ0) is 14.7. The van der Waals surface area contributed by atoms with Crippen LogP contribution in [0.5, 0.6) is 0 Å². The zero-order valence-electron chi connectivity index (χ0n) is 10.9. The van der Waals surface area contributed by atoms with Gasteiger partial charge in [-0.15, -0.1) is 0 Å². The van der Waals surface area contributed by atoms with Crippen molar-refractivity contribution in [1.29, 1.82) is 5.26 Å². The van der Waals surface area contributed by atoms with Gasteiger partial charge in [0.05, 0.1) is 35.8 Å². The van der Waals surface area contributed by atoms with E-state index in [1.165, 1.54) is 18.2 Å². The summed E-state index contributed by atoms with van der Waals surface area (Å²) >= 11 is 0. The average Bonchev–Trinajstić information content (AvgIpc) is 2.69. The summed E-state index contributed by atoms with van der Waals surface area (Å²) < 4.78 is 4.75. The lowest BCUT2D eigenvalue weighted by Crippen LogP contribution is -2.32. The van der Waals surface area contributed by atoms with Crippen LogP contribution < -0.4 is 0 Å². The van der Waals surface area contributed by atoms with Crippen molar-refractivity contribution in [3.63, 3.8) is 0 Å². The molecule has 1 aromatic carbocycles. The Morgan fingerprint density at radius 3 is 2.65 bits per heavy atom. The number of carbonyl (C=O) groups is 3. The van der Waals surface area contributed by atoms with Crippen molar-refractivity contribution in [3.05, 3.63) is 34.9 Å². The molecule has 0 atom stereocenters. The monoisotopic (exact) mass is 272 g/mol. The second-order valence-corrected chi connectivity index (χ2v) is 4.19. The first-order chi connectivity index (χ1) is 9.58. The van der Waals surface area contributed by atoms with Gasteiger partial charge in [0.1, 0.15) is 0 Å². The molecule has 6 nitrogen and oxygen atoms in total. The minimum atomic E-state index is -0.480. The molecule has 102 valence electrons. The van der Waals surface area contributed by atoms with Crippen LogP contribution in [-0.4, -0.2) is 35.8 Å². The predicted molar refractivity (Wildman–Crippen MR) is 67.8 cm³/mol. The Hall–Kier alpha value is -2.68. The summed E-state index contributed by atoms with van der Waals surface area (Å²) in [5.74, 6) is -1.38. The Balaban J connectivity index is 2.16. The van der Waals surface area contributed by atoms with Gasteiger partial charge >= 0.3 is 5.97 Å². The van der Waals surface area contributed by atoms with Crippen LogP contribution in [0.25, 0.3) is 0 Å². The molecule has 0 fully saturated rings. The lowest BCUT2D eigenvalue weighted by molar-refractivity contribution is -0.143. The van der Waals surface area contributed by atoms with Crippen LogP contribution in [0.2, 0.25) is 0 Å². The molecule has 1 aliphatic rings. The van der Waals surface area contributed by atoms with Crippen LogP contribution in [-0.2, 0) is 9.53 Å². The second kappa shape index (κ2) is 5.53. The van der Waals surface area contributed by atoms with Crippen LogP contribution in [0, 0.1) is 11.3 Å². The summed E-state index contributed by atoms with van der Waals surface area (Å²) in [6, 6.07) is 6.25. The van der Waals surface area contributed by atoms with E-state index in [2.05, 4.69) is 0 Å². The molecule has 20 heavy (non-hydrogen) atoms. The van der Waals surface area contributed by atoms with E-state index in [0.29, 0.717) is 5.56 Å². The Labute approximate surface area is 115 Å². The number of benzene rings is 1. The lowest BCUT2D eigenvalue weighted by Gasteiger charge is -2.12. The molecule has 0 saturated heterocycles. The molecule has 1 heterocycles. The predicted octanol–water partition coefficient (Wildman–Crippen LogP) is 1.11.